The molecule has 0 aromatic carbocycles. The monoisotopic (exact) mass is 254 g/mol. The van der Waals surface area contributed by atoms with Gasteiger partial charge in [-0.2, -0.15) is 0 Å². The van der Waals surface area contributed by atoms with Crippen LogP contribution in [0.2, 0.25) is 0 Å². The Morgan fingerprint density at radius 1 is 1.40 bits per heavy atom. The lowest BCUT2D eigenvalue weighted by molar-refractivity contribution is -0.138. The van der Waals surface area contributed by atoms with E-state index in [0.29, 0.717) is 12.2 Å². The second kappa shape index (κ2) is 5.75. The summed E-state index contributed by atoms with van der Waals surface area (Å²) < 4.78 is 21.4. The van der Waals surface area contributed by atoms with Crippen LogP contribution in [-0.4, -0.2) is 41.5 Å². The van der Waals surface area contributed by atoms with E-state index in [1.165, 1.54) is 11.8 Å². The highest BCUT2D eigenvalue weighted by Gasteiger charge is 2.27. The molecule has 0 radical (unpaired) electrons. The van der Waals surface area contributed by atoms with Gasteiger partial charge in [0.25, 0.3) is 0 Å². The van der Waals surface area contributed by atoms with Crippen LogP contribution in [0.15, 0.2) is 0 Å². The number of aliphatic carboxylic acids is 1. The summed E-state index contributed by atoms with van der Waals surface area (Å²) in [6.07, 6.45) is 0.511. The summed E-state index contributed by atoms with van der Waals surface area (Å²) in [5.74, 6) is -0.0177. The highest BCUT2D eigenvalue weighted by atomic mass is 32.2. The molecular formula is C9H18O4S2. The Kier molecular flexibility index (Phi) is 5.66. The molecule has 0 spiro atoms. The van der Waals surface area contributed by atoms with Gasteiger partial charge < -0.3 is 5.11 Å². The molecule has 0 aliphatic carbocycles. The first-order valence-electron chi connectivity index (χ1n) is 4.79. The molecule has 0 rings (SSSR count). The Bertz CT molecular complexity index is 306. The Morgan fingerprint density at radius 2 is 1.93 bits per heavy atom. The van der Waals surface area contributed by atoms with Crippen LogP contribution in [0.4, 0.5) is 0 Å². The van der Waals surface area contributed by atoms with E-state index in [9.17, 15) is 13.2 Å². The van der Waals surface area contributed by atoms with Crippen LogP contribution < -0.4 is 0 Å². The van der Waals surface area contributed by atoms with Gasteiger partial charge >= 0.3 is 5.97 Å². The second-order valence-corrected chi connectivity index (χ2v) is 7.94. The molecule has 4 nitrogen and oxygen atoms in total. The van der Waals surface area contributed by atoms with E-state index >= 15 is 0 Å². The molecule has 0 unspecified atom stereocenters. The molecule has 0 heterocycles. The number of carboxylic acid groups (broad SMARTS) is 1. The lowest BCUT2D eigenvalue weighted by Gasteiger charge is -2.17. The van der Waals surface area contributed by atoms with Gasteiger partial charge in [-0.15, -0.1) is 11.8 Å². The fourth-order valence-corrected chi connectivity index (χ4v) is 2.79. The second-order valence-electron chi connectivity index (χ2n) is 3.75. The fourth-order valence-electron chi connectivity index (χ4n) is 0.812. The first-order valence-corrected chi connectivity index (χ1v) is 7.60. The number of hydrogen-bond donors (Lipinski definition) is 1. The van der Waals surface area contributed by atoms with Gasteiger partial charge in [0.05, 0.1) is 5.75 Å². The van der Waals surface area contributed by atoms with Crippen LogP contribution in [0, 0.1) is 0 Å². The molecule has 90 valence electrons. The van der Waals surface area contributed by atoms with Crippen molar-refractivity contribution in [3.8, 4) is 0 Å². The molecule has 6 heteroatoms. The van der Waals surface area contributed by atoms with Crippen molar-refractivity contribution in [3.63, 3.8) is 0 Å². The molecule has 15 heavy (non-hydrogen) atoms. The van der Waals surface area contributed by atoms with E-state index < -0.39 is 20.6 Å². The van der Waals surface area contributed by atoms with Gasteiger partial charge in [-0.25, -0.2) is 8.42 Å². The predicted octanol–water partition coefficient (Wildman–Crippen LogP) is 1.41. The zero-order valence-electron chi connectivity index (χ0n) is 9.32. The van der Waals surface area contributed by atoms with E-state index in [0.717, 1.165) is 0 Å². The molecule has 0 aromatic rings. The maximum atomic E-state index is 11.1. The summed E-state index contributed by atoms with van der Waals surface area (Å²) >= 11 is 1.27. The third-order valence-corrected chi connectivity index (χ3v) is 5.20. The average Bonchev–Trinajstić information content (AvgIpc) is 2.12. The Hall–Kier alpha value is -0.230. The Morgan fingerprint density at radius 3 is 2.33 bits per heavy atom. The summed E-state index contributed by atoms with van der Waals surface area (Å²) in [7, 11) is -2.92. The van der Waals surface area contributed by atoms with Crippen molar-refractivity contribution < 1.29 is 18.3 Å². The first kappa shape index (κ1) is 14.8. The van der Waals surface area contributed by atoms with Crippen LogP contribution in [0.3, 0.4) is 0 Å². The minimum atomic E-state index is -2.92. The number of sulfone groups is 1. The van der Waals surface area contributed by atoms with Gasteiger partial charge in [-0.1, -0.05) is 6.92 Å². The predicted molar refractivity (Wildman–Crippen MR) is 63.1 cm³/mol. The molecule has 0 aliphatic rings. The highest BCUT2D eigenvalue weighted by Crippen LogP contribution is 2.25. The topological polar surface area (TPSA) is 71.4 Å². The molecule has 0 saturated carbocycles. The molecule has 0 aromatic heterocycles. The largest absolute Gasteiger partial charge is 0.480 e. The summed E-state index contributed by atoms with van der Waals surface area (Å²) in [6.45, 7) is 4.85. The van der Waals surface area contributed by atoms with Gasteiger partial charge in [0.2, 0.25) is 0 Å². The van der Waals surface area contributed by atoms with Crippen molar-refractivity contribution in [1.82, 2.24) is 0 Å². The Balaban J connectivity index is 3.87. The van der Waals surface area contributed by atoms with Gasteiger partial charge in [0.15, 0.2) is 0 Å². The summed E-state index contributed by atoms with van der Waals surface area (Å²) in [4.78, 5) is 10.7. The number of thioether (sulfide) groups is 1. The summed E-state index contributed by atoms with van der Waals surface area (Å²) in [5, 5.41) is 8.81. The van der Waals surface area contributed by atoms with E-state index in [1.54, 1.807) is 20.8 Å². The lowest BCUT2D eigenvalue weighted by Crippen LogP contribution is -2.27. The smallest absolute Gasteiger partial charge is 0.319 e. The van der Waals surface area contributed by atoms with Crippen molar-refractivity contribution in [2.45, 2.75) is 31.9 Å². The first-order chi connectivity index (χ1) is 6.71. The van der Waals surface area contributed by atoms with Gasteiger partial charge in [0, 0.05) is 5.75 Å². The van der Waals surface area contributed by atoms with Crippen LogP contribution in [0.1, 0.15) is 27.2 Å². The van der Waals surface area contributed by atoms with Crippen molar-refractivity contribution >= 4 is 27.6 Å². The maximum Gasteiger partial charge on any atom is 0.319 e. The standard InChI is InChI=1S/C9H18O4S2/c1-4-15(12,13)7-5-6-14-9(2,3)8(10)11/h4-7H2,1-3H3,(H,10,11). The van der Waals surface area contributed by atoms with Crippen molar-refractivity contribution in [2.75, 3.05) is 17.3 Å². The normalized spacial score (nSPS) is 12.7. The molecule has 0 atom stereocenters. The van der Waals surface area contributed by atoms with Crippen molar-refractivity contribution in [2.24, 2.45) is 0 Å². The summed E-state index contributed by atoms with van der Waals surface area (Å²) in [5.41, 5.74) is 0. The van der Waals surface area contributed by atoms with Gasteiger partial charge in [-0.3, -0.25) is 4.79 Å². The number of rotatable bonds is 7. The fraction of sp³-hybridized carbons (Fsp3) is 0.889. The quantitative estimate of drug-likeness (QED) is 0.695. The summed E-state index contributed by atoms with van der Waals surface area (Å²) in [6, 6.07) is 0. The maximum absolute atomic E-state index is 11.1. The lowest BCUT2D eigenvalue weighted by atomic mass is 10.2. The molecule has 0 bridgehead atoms. The van der Waals surface area contributed by atoms with E-state index in [-0.39, 0.29) is 11.5 Å². The molecule has 1 N–H and O–H groups in total. The number of carboxylic acids is 1. The van der Waals surface area contributed by atoms with Crippen LogP contribution in [-0.2, 0) is 14.6 Å². The molecular weight excluding hydrogens is 236 g/mol. The van der Waals surface area contributed by atoms with Crippen LogP contribution in [0.25, 0.3) is 0 Å². The zero-order valence-corrected chi connectivity index (χ0v) is 10.9. The number of hydrogen-bond acceptors (Lipinski definition) is 4. The third kappa shape index (κ3) is 6.04. The molecule has 0 amide bonds. The van der Waals surface area contributed by atoms with Crippen LogP contribution in [0.5, 0.6) is 0 Å². The highest BCUT2D eigenvalue weighted by molar-refractivity contribution is 8.01. The van der Waals surface area contributed by atoms with E-state index in [1.807, 2.05) is 0 Å². The molecule has 0 aliphatic heterocycles. The minimum Gasteiger partial charge on any atom is -0.480 e. The molecule has 0 fully saturated rings. The zero-order chi connectivity index (χ0) is 12.1. The Labute approximate surface area is 95.4 Å². The SMILES string of the molecule is CCS(=O)(=O)CCCSC(C)(C)C(=O)O. The average molecular weight is 254 g/mol. The van der Waals surface area contributed by atoms with Crippen LogP contribution >= 0.6 is 11.8 Å². The molecule has 0 saturated heterocycles. The van der Waals surface area contributed by atoms with E-state index in [4.69, 9.17) is 5.11 Å². The van der Waals surface area contributed by atoms with Gasteiger partial charge in [-0.05, 0) is 26.0 Å². The van der Waals surface area contributed by atoms with E-state index in [2.05, 4.69) is 0 Å². The van der Waals surface area contributed by atoms with Gasteiger partial charge in [0.1, 0.15) is 14.6 Å². The third-order valence-electron chi connectivity index (χ3n) is 2.02. The van der Waals surface area contributed by atoms with Crippen molar-refractivity contribution in [3.05, 3.63) is 0 Å². The number of carbonyl (C=O) groups is 1. The minimum absolute atomic E-state index is 0.145. The van der Waals surface area contributed by atoms with Crippen molar-refractivity contribution in [1.29, 1.82) is 0 Å².